The van der Waals surface area contributed by atoms with Crippen LogP contribution in [0.1, 0.15) is 35.9 Å². The number of aromatic nitrogens is 1. The molecule has 0 spiro atoms. The highest BCUT2D eigenvalue weighted by atomic mass is 16.2. The number of amides is 1. The van der Waals surface area contributed by atoms with Gasteiger partial charge in [-0.25, -0.2) is 4.98 Å². The fourth-order valence-corrected chi connectivity index (χ4v) is 3.67. The van der Waals surface area contributed by atoms with Gasteiger partial charge in [-0.2, -0.15) is 0 Å². The van der Waals surface area contributed by atoms with Gasteiger partial charge in [0.25, 0.3) is 5.91 Å². The van der Waals surface area contributed by atoms with Crippen molar-refractivity contribution in [2.45, 2.75) is 19.9 Å². The minimum atomic E-state index is -0.0772. The van der Waals surface area contributed by atoms with Gasteiger partial charge in [0.1, 0.15) is 11.5 Å². The second-order valence-electron chi connectivity index (χ2n) is 7.57. The van der Waals surface area contributed by atoms with Crippen molar-refractivity contribution < 1.29 is 4.79 Å². The Kier molecular flexibility index (Phi) is 6.95. The van der Waals surface area contributed by atoms with Gasteiger partial charge < -0.3 is 9.80 Å². The van der Waals surface area contributed by atoms with Gasteiger partial charge in [-0.1, -0.05) is 12.1 Å². The molecule has 1 saturated heterocycles. The fraction of sp³-hybridized carbons (Fsp3) is 0.391. The Morgan fingerprint density at radius 1 is 1.17 bits per heavy atom. The van der Waals surface area contributed by atoms with E-state index < -0.39 is 0 Å². The van der Waals surface area contributed by atoms with Crippen LogP contribution in [0.25, 0.3) is 0 Å². The molecule has 0 saturated carbocycles. The first-order valence-corrected chi connectivity index (χ1v) is 10.2. The average molecular weight is 407 g/mol. The molecule has 2 heterocycles. The molecular weight excluding hydrogens is 376 g/mol. The summed E-state index contributed by atoms with van der Waals surface area (Å²) in [7, 11) is 3.48. The van der Waals surface area contributed by atoms with E-state index in [4.69, 9.17) is 0 Å². The van der Waals surface area contributed by atoms with Crippen LogP contribution in [0, 0.1) is 0 Å². The number of benzene rings is 1. The molecule has 0 N–H and O–H groups in total. The summed E-state index contributed by atoms with van der Waals surface area (Å²) >= 11 is 0. The summed E-state index contributed by atoms with van der Waals surface area (Å²) in [5.41, 5.74) is 3.33. The van der Waals surface area contributed by atoms with Crippen molar-refractivity contribution in [3.63, 3.8) is 0 Å². The third-order valence-electron chi connectivity index (χ3n) is 5.47. The zero-order valence-electron chi connectivity index (χ0n) is 18.2. The topological polar surface area (TPSA) is 64.4 Å². The lowest BCUT2D eigenvalue weighted by Crippen LogP contribution is -2.47. The summed E-state index contributed by atoms with van der Waals surface area (Å²) in [5.74, 6) is 0.779. The molecule has 7 heteroatoms. The highest BCUT2D eigenvalue weighted by Crippen LogP contribution is 2.32. The van der Waals surface area contributed by atoms with E-state index in [-0.39, 0.29) is 11.9 Å². The van der Waals surface area contributed by atoms with Crippen LogP contribution in [0.5, 0.6) is 0 Å². The minimum absolute atomic E-state index is 0.0772. The average Bonchev–Trinajstić information content (AvgIpc) is 2.78. The SMILES string of the molecule is C=Nc1cc(C(C)N2CCN(c3cccc(C(=O)N(C)C)n3)CC2)ccc1N=CC. The molecule has 1 aromatic heterocycles. The van der Waals surface area contributed by atoms with Gasteiger partial charge >= 0.3 is 0 Å². The van der Waals surface area contributed by atoms with E-state index in [1.807, 2.05) is 25.1 Å². The third-order valence-corrected chi connectivity index (χ3v) is 5.47. The monoisotopic (exact) mass is 406 g/mol. The van der Waals surface area contributed by atoms with Gasteiger partial charge in [-0.05, 0) is 50.4 Å². The Morgan fingerprint density at radius 3 is 2.53 bits per heavy atom. The van der Waals surface area contributed by atoms with Crippen LogP contribution in [0.4, 0.5) is 17.2 Å². The number of nitrogens with zero attached hydrogens (tertiary/aromatic N) is 6. The molecule has 0 bridgehead atoms. The zero-order valence-corrected chi connectivity index (χ0v) is 18.2. The molecule has 2 aromatic rings. The summed E-state index contributed by atoms with van der Waals surface area (Å²) < 4.78 is 0. The summed E-state index contributed by atoms with van der Waals surface area (Å²) in [6.45, 7) is 11.4. The molecule has 0 radical (unpaired) electrons. The Balaban J connectivity index is 1.68. The Morgan fingerprint density at radius 2 is 1.90 bits per heavy atom. The first-order valence-electron chi connectivity index (χ1n) is 10.2. The van der Waals surface area contributed by atoms with Crippen molar-refractivity contribution in [1.82, 2.24) is 14.8 Å². The van der Waals surface area contributed by atoms with Crippen molar-refractivity contribution in [3.05, 3.63) is 47.7 Å². The van der Waals surface area contributed by atoms with E-state index in [0.717, 1.165) is 43.4 Å². The Hall–Kier alpha value is -3.06. The smallest absolute Gasteiger partial charge is 0.272 e. The lowest BCUT2D eigenvalue weighted by atomic mass is 10.0. The van der Waals surface area contributed by atoms with Crippen molar-refractivity contribution in [2.24, 2.45) is 9.98 Å². The lowest BCUT2D eigenvalue weighted by molar-refractivity contribution is 0.0822. The van der Waals surface area contributed by atoms with E-state index in [0.29, 0.717) is 5.69 Å². The van der Waals surface area contributed by atoms with Crippen LogP contribution in [0.3, 0.4) is 0 Å². The highest BCUT2D eigenvalue weighted by molar-refractivity contribution is 5.92. The minimum Gasteiger partial charge on any atom is -0.354 e. The number of carbonyl (C=O) groups excluding carboxylic acids is 1. The molecule has 1 aliphatic heterocycles. The van der Waals surface area contributed by atoms with Crippen LogP contribution < -0.4 is 4.90 Å². The number of hydrogen-bond acceptors (Lipinski definition) is 6. The number of carbonyl (C=O) groups is 1. The molecule has 1 amide bonds. The summed E-state index contributed by atoms with van der Waals surface area (Å²) in [4.78, 5) is 31.5. The standard InChI is InChI=1S/C23H30N6O/c1-6-25-19-11-10-18(16-21(19)24-3)17(2)28-12-14-29(15-13-28)22-9-7-8-20(26-22)23(30)27(4)5/h6-11,16-17H,3,12-15H2,1-2,4-5H3. The summed E-state index contributed by atoms with van der Waals surface area (Å²) in [6, 6.07) is 12.1. The van der Waals surface area contributed by atoms with Crippen LogP contribution in [-0.2, 0) is 0 Å². The van der Waals surface area contributed by atoms with Crippen molar-refractivity contribution in [1.29, 1.82) is 0 Å². The second-order valence-corrected chi connectivity index (χ2v) is 7.57. The number of anilines is 1. The summed E-state index contributed by atoms with van der Waals surface area (Å²) in [5, 5.41) is 0. The van der Waals surface area contributed by atoms with Gasteiger partial charge in [-0.15, -0.1) is 0 Å². The maximum Gasteiger partial charge on any atom is 0.272 e. The van der Waals surface area contributed by atoms with Gasteiger partial charge in [0.05, 0.1) is 11.4 Å². The number of piperazine rings is 1. The zero-order chi connectivity index (χ0) is 21.7. The summed E-state index contributed by atoms with van der Waals surface area (Å²) in [6.07, 6.45) is 1.77. The molecule has 30 heavy (non-hydrogen) atoms. The molecule has 0 aliphatic carbocycles. The number of rotatable bonds is 6. The second kappa shape index (κ2) is 9.63. The predicted octanol–water partition coefficient (Wildman–Crippen LogP) is 3.72. The maximum absolute atomic E-state index is 12.2. The Labute approximate surface area is 178 Å². The molecule has 7 nitrogen and oxygen atoms in total. The van der Waals surface area contributed by atoms with E-state index in [2.05, 4.69) is 50.5 Å². The van der Waals surface area contributed by atoms with Gasteiger partial charge in [0.2, 0.25) is 0 Å². The van der Waals surface area contributed by atoms with Crippen LogP contribution in [-0.4, -0.2) is 73.9 Å². The first kappa shape index (κ1) is 21.6. The molecule has 158 valence electrons. The van der Waals surface area contributed by atoms with E-state index in [9.17, 15) is 4.79 Å². The highest BCUT2D eigenvalue weighted by Gasteiger charge is 2.24. The van der Waals surface area contributed by atoms with E-state index in [1.54, 1.807) is 31.3 Å². The molecule has 1 aliphatic rings. The van der Waals surface area contributed by atoms with Crippen LogP contribution in [0.2, 0.25) is 0 Å². The van der Waals surface area contributed by atoms with Gasteiger partial charge in [0.15, 0.2) is 0 Å². The van der Waals surface area contributed by atoms with Gasteiger partial charge in [-0.3, -0.25) is 19.7 Å². The van der Waals surface area contributed by atoms with Crippen molar-refractivity contribution in [2.75, 3.05) is 45.2 Å². The van der Waals surface area contributed by atoms with Crippen LogP contribution in [0.15, 0.2) is 46.4 Å². The molecule has 3 rings (SSSR count). The van der Waals surface area contributed by atoms with Crippen LogP contribution >= 0.6 is 0 Å². The molecule has 1 atom stereocenters. The van der Waals surface area contributed by atoms with Crippen molar-refractivity contribution >= 4 is 36.0 Å². The molecule has 1 aromatic carbocycles. The maximum atomic E-state index is 12.2. The largest absolute Gasteiger partial charge is 0.354 e. The van der Waals surface area contributed by atoms with E-state index >= 15 is 0 Å². The normalized spacial score (nSPS) is 15.9. The molecule has 1 unspecified atom stereocenters. The quantitative estimate of drug-likeness (QED) is 0.686. The Bertz CT molecular complexity index is 931. The first-order chi connectivity index (χ1) is 14.4. The number of pyridine rings is 1. The lowest BCUT2D eigenvalue weighted by Gasteiger charge is -2.39. The fourth-order valence-electron chi connectivity index (χ4n) is 3.67. The predicted molar refractivity (Wildman–Crippen MR) is 124 cm³/mol. The number of hydrogen-bond donors (Lipinski definition) is 0. The van der Waals surface area contributed by atoms with Gasteiger partial charge in [0, 0.05) is 52.5 Å². The van der Waals surface area contributed by atoms with Crippen molar-refractivity contribution in [3.8, 4) is 0 Å². The molecule has 1 fully saturated rings. The number of aliphatic imine (C=N–C) groups is 2. The molecular formula is C23H30N6O. The van der Waals surface area contributed by atoms with E-state index in [1.165, 1.54) is 5.56 Å². The third kappa shape index (κ3) is 4.74.